The first kappa shape index (κ1) is 21.8. The van der Waals surface area contributed by atoms with Crippen molar-refractivity contribution >= 4 is 29.8 Å². The Labute approximate surface area is 174 Å². The maximum Gasteiger partial charge on any atom is 0.216 e. The minimum absolute atomic E-state index is 0. The van der Waals surface area contributed by atoms with Gasteiger partial charge in [0.05, 0.1) is 5.69 Å². The second-order valence-corrected chi connectivity index (χ2v) is 6.34. The number of Topliss-reactive ketones (excluding diaryl/α,β-unsaturated/α-hetero) is 1. The zero-order chi connectivity index (χ0) is 19.1. The molecular weight excluding hydrogens is 399 g/mol. The van der Waals surface area contributed by atoms with E-state index in [0.717, 1.165) is 11.1 Å². The SMILES string of the molecule is Cl.NCc1cc(OCc2cccc(C(=O)CCc3ccnc(Cl)c3)c2)ncn1. The molecule has 0 aliphatic rings. The molecule has 8 heteroatoms. The van der Waals surface area contributed by atoms with E-state index < -0.39 is 0 Å². The Bertz CT molecular complexity index is 937. The summed E-state index contributed by atoms with van der Waals surface area (Å²) in [7, 11) is 0. The molecule has 0 fully saturated rings. The summed E-state index contributed by atoms with van der Waals surface area (Å²) >= 11 is 5.88. The molecule has 3 aromatic rings. The molecular formula is C20H20Cl2N4O2. The number of halogens is 2. The predicted octanol–water partition coefficient (Wildman–Crippen LogP) is 3.80. The summed E-state index contributed by atoms with van der Waals surface area (Å²) < 4.78 is 5.67. The second kappa shape index (κ2) is 10.7. The van der Waals surface area contributed by atoms with Crippen LogP contribution in [-0.2, 0) is 19.6 Å². The molecule has 0 saturated carbocycles. The topological polar surface area (TPSA) is 91.0 Å². The Kier molecular flexibility index (Phi) is 8.32. The number of ketones is 1. The lowest BCUT2D eigenvalue weighted by Crippen LogP contribution is -2.05. The molecule has 6 nitrogen and oxygen atoms in total. The number of pyridine rings is 1. The first-order valence-corrected chi connectivity index (χ1v) is 8.88. The van der Waals surface area contributed by atoms with Crippen molar-refractivity contribution < 1.29 is 9.53 Å². The first-order valence-electron chi connectivity index (χ1n) is 8.50. The number of carbonyl (C=O) groups is 1. The molecule has 146 valence electrons. The van der Waals surface area contributed by atoms with Crippen LogP contribution >= 0.6 is 24.0 Å². The summed E-state index contributed by atoms with van der Waals surface area (Å²) in [4.78, 5) is 24.5. The number of nitrogens with zero attached hydrogens (tertiary/aromatic N) is 3. The zero-order valence-electron chi connectivity index (χ0n) is 15.0. The van der Waals surface area contributed by atoms with Crippen molar-refractivity contribution in [3.05, 3.63) is 82.5 Å². The van der Waals surface area contributed by atoms with Gasteiger partial charge in [0.1, 0.15) is 18.1 Å². The molecule has 0 aliphatic carbocycles. The van der Waals surface area contributed by atoms with Crippen LogP contribution in [0.1, 0.15) is 33.6 Å². The molecule has 0 atom stereocenters. The van der Waals surface area contributed by atoms with Crippen LogP contribution in [0.4, 0.5) is 0 Å². The Morgan fingerprint density at radius 2 is 1.93 bits per heavy atom. The van der Waals surface area contributed by atoms with Gasteiger partial charge in [-0.2, -0.15) is 0 Å². The number of aromatic nitrogens is 3. The van der Waals surface area contributed by atoms with Crippen LogP contribution in [0.3, 0.4) is 0 Å². The largest absolute Gasteiger partial charge is 0.473 e. The number of aryl methyl sites for hydroxylation is 1. The smallest absolute Gasteiger partial charge is 0.216 e. The Hall–Kier alpha value is -2.54. The van der Waals surface area contributed by atoms with Gasteiger partial charge in [0.25, 0.3) is 0 Å². The molecule has 1 aromatic carbocycles. The average Bonchev–Trinajstić information content (AvgIpc) is 2.71. The molecule has 2 aromatic heterocycles. The van der Waals surface area contributed by atoms with Gasteiger partial charge in [0.15, 0.2) is 5.78 Å². The van der Waals surface area contributed by atoms with Crippen molar-refractivity contribution in [1.82, 2.24) is 15.0 Å². The summed E-state index contributed by atoms with van der Waals surface area (Å²) in [6.07, 6.45) is 4.08. The van der Waals surface area contributed by atoms with E-state index >= 15 is 0 Å². The molecule has 0 amide bonds. The third-order valence-electron chi connectivity index (χ3n) is 3.98. The number of nitrogens with two attached hydrogens (primary N) is 1. The van der Waals surface area contributed by atoms with E-state index in [4.69, 9.17) is 22.1 Å². The van der Waals surface area contributed by atoms with E-state index in [1.807, 2.05) is 30.3 Å². The van der Waals surface area contributed by atoms with Gasteiger partial charge in [-0.05, 0) is 35.7 Å². The highest BCUT2D eigenvalue weighted by Crippen LogP contribution is 2.15. The fraction of sp³-hybridized carbons (Fsp3) is 0.200. The molecule has 3 rings (SSSR count). The fourth-order valence-electron chi connectivity index (χ4n) is 2.56. The Balaban J connectivity index is 0.00000280. The van der Waals surface area contributed by atoms with Gasteiger partial charge in [-0.25, -0.2) is 15.0 Å². The summed E-state index contributed by atoms with van der Waals surface area (Å²) in [5.74, 6) is 0.522. The third kappa shape index (κ3) is 6.27. The van der Waals surface area contributed by atoms with E-state index in [-0.39, 0.29) is 18.2 Å². The highest BCUT2D eigenvalue weighted by atomic mass is 35.5. The molecule has 28 heavy (non-hydrogen) atoms. The van der Waals surface area contributed by atoms with Crippen LogP contribution < -0.4 is 10.5 Å². The van der Waals surface area contributed by atoms with E-state index in [2.05, 4.69) is 15.0 Å². The highest BCUT2D eigenvalue weighted by Gasteiger charge is 2.08. The molecule has 0 spiro atoms. The van der Waals surface area contributed by atoms with Gasteiger partial charge in [-0.15, -0.1) is 12.4 Å². The highest BCUT2D eigenvalue weighted by molar-refractivity contribution is 6.29. The van der Waals surface area contributed by atoms with Crippen molar-refractivity contribution in [3.8, 4) is 5.88 Å². The summed E-state index contributed by atoms with van der Waals surface area (Å²) in [5, 5.41) is 0.432. The number of benzene rings is 1. The second-order valence-electron chi connectivity index (χ2n) is 5.95. The summed E-state index contributed by atoms with van der Waals surface area (Å²) in [6.45, 7) is 0.633. The van der Waals surface area contributed by atoms with Crippen LogP contribution in [0.25, 0.3) is 0 Å². The quantitative estimate of drug-likeness (QED) is 0.441. The van der Waals surface area contributed by atoms with Crippen molar-refractivity contribution in [2.75, 3.05) is 0 Å². The Morgan fingerprint density at radius 1 is 1.07 bits per heavy atom. The summed E-state index contributed by atoms with van der Waals surface area (Å²) in [5.41, 5.74) is 8.80. The molecule has 0 unspecified atom stereocenters. The minimum Gasteiger partial charge on any atom is -0.473 e. The number of carbonyl (C=O) groups excluding carboxylic acids is 1. The first-order chi connectivity index (χ1) is 13.1. The lowest BCUT2D eigenvalue weighted by atomic mass is 10.0. The van der Waals surface area contributed by atoms with Crippen molar-refractivity contribution in [2.45, 2.75) is 26.0 Å². The Morgan fingerprint density at radius 3 is 2.71 bits per heavy atom. The van der Waals surface area contributed by atoms with Gasteiger partial charge >= 0.3 is 0 Å². The van der Waals surface area contributed by atoms with Gasteiger partial charge < -0.3 is 10.5 Å². The molecule has 0 radical (unpaired) electrons. The van der Waals surface area contributed by atoms with Gasteiger partial charge in [-0.3, -0.25) is 4.79 Å². The third-order valence-corrected chi connectivity index (χ3v) is 4.18. The van der Waals surface area contributed by atoms with E-state index in [1.165, 1.54) is 6.33 Å². The van der Waals surface area contributed by atoms with Crippen molar-refractivity contribution in [1.29, 1.82) is 0 Å². The summed E-state index contributed by atoms with van der Waals surface area (Å²) in [6, 6.07) is 12.7. The molecule has 2 N–H and O–H groups in total. The van der Waals surface area contributed by atoms with Crippen LogP contribution in [-0.4, -0.2) is 20.7 Å². The van der Waals surface area contributed by atoms with Crippen LogP contribution in [0.5, 0.6) is 5.88 Å². The molecule has 0 aliphatic heterocycles. The predicted molar refractivity (Wildman–Crippen MR) is 110 cm³/mol. The number of rotatable bonds is 8. The zero-order valence-corrected chi connectivity index (χ0v) is 16.6. The average molecular weight is 419 g/mol. The fourth-order valence-corrected chi connectivity index (χ4v) is 2.76. The number of hydrogen-bond donors (Lipinski definition) is 1. The van der Waals surface area contributed by atoms with Crippen LogP contribution in [0.2, 0.25) is 5.15 Å². The molecule has 0 bridgehead atoms. The van der Waals surface area contributed by atoms with Crippen LogP contribution in [0.15, 0.2) is 55.0 Å². The lowest BCUT2D eigenvalue weighted by Gasteiger charge is -2.08. The van der Waals surface area contributed by atoms with Crippen molar-refractivity contribution in [2.24, 2.45) is 5.73 Å². The number of hydrogen-bond acceptors (Lipinski definition) is 6. The van der Waals surface area contributed by atoms with Crippen LogP contribution in [0, 0.1) is 0 Å². The lowest BCUT2D eigenvalue weighted by molar-refractivity contribution is 0.0982. The minimum atomic E-state index is 0. The van der Waals surface area contributed by atoms with Gasteiger partial charge in [0, 0.05) is 30.8 Å². The van der Waals surface area contributed by atoms with E-state index in [0.29, 0.717) is 48.3 Å². The molecule has 0 saturated heterocycles. The van der Waals surface area contributed by atoms with E-state index in [1.54, 1.807) is 18.3 Å². The maximum absolute atomic E-state index is 12.5. The number of ether oxygens (including phenoxy) is 1. The molecule has 2 heterocycles. The monoisotopic (exact) mass is 418 g/mol. The van der Waals surface area contributed by atoms with Gasteiger partial charge in [0.2, 0.25) is 5.88 Å². The maximum atomic E-state index is 12.5. The van der Waals surface area contributed by atoms with E-state index in [9.17, 15) is 4.79 Å². The normalized spacial score (nSPS) is 10.2. The van der Waals surface area contributed by atoms with Crippen molar-refractivity contribution in [3.63, 3.8) is 0 Å². The standard InChI is InChI=1S/C20H19ClN4O2.ClH/c21-19-9-14(6-7-23-19)4-5-18(26)16-3-1-2-15(8-16)12-27-20-10-17(11-22)24-13-25-20;/h1-3,6-10,13H,4-5,11-12,22H2;1H. The van der Waals surface area contributed by atoms with Gasteiger partial charge in [-0.1, -0.05) is 29.8 Å².